The Morgan fingerprint density at radius 1 is 1.18 bits per heavy atom. The summed E-state index contributed by atoms with van der Waals surface area (Å²) in [6, 6.07) is 2.19. The minimum atomic E-state index is -4.86. The van der Waals surface area contributed by atoms with E-state index in [0.29, 0.717) is 4.47 Å². The molecule has 0 amide bonds. The van der Waals surface area contributed by atoms with Crippen molar-refractivity contribution in [2.45, 2.75) is 16.4 Å². The fourth-order valence-corrected chi connectivity index (χ4v) is 4.71. The quantitative estimate of drug-likeness (QED) is 0.756. The molecule has 0 aliphatic heterocycles. The van der Waals surface area contributed by atoms with Crippen molar-refractivity contribution in [2.24, 2.45) is 0 Å². The van der Waals surface area contributed by atoms with Gasteiger partial charge in [-0.3, -0.25) is 0 Å². The van der Waals surface area contributed by atoms with Crippen LogP contribution in [0, 0.1) is 5.82 Å². The molecular formula is C12H8BrF4NO2S2. The van der Waals surface area contributed by atoms with Crippen LogP contribution in [0.25, 0.3) is 0 Å². The number of thiophene rings is 1. The lowest BCUT2D eigenvalue weighted by Crippen LogP contribution is -2.37. The SMILES string of the molecule is O=S(=O)(NC(c1ccc(F)cc1)C(F)(F)F)c1cc(Br)cs1. The third kappa shape index (κ3) is 4.06. The van der Waals surface area contributed by atoms with Gasteiger partial charge < -0.3 is 0 Å². The van der Waals surface area contributed by atoms with E-state index in [1.165, 1.54) is 11.4 Å². The number of alkyl halides is 3. The van der Waals surface area contributed by atoms with Crippen molar-refractivity contribution in [3.63, 3.8) is 0 Å². The fraction of sp³-hybridized carbons (Fsp3) is 0.167. The third-order valence-corrected chi connectivity index (χ3v) is 6.24. The minimum Gasteiger partial charge on any atom is -0.207 e. The number of halogens is 5. The number of sulfonamides is 1. The van der Waals surface area contributed by atoms with Crippen LogP contribution in [-0.2, 0) is 10.0 Å². The zero-order valence-electron chi connectivity index (χ0n) is 10.6. The van der Waals surface area contributed by atoms with Crippen LogP contribution in [-0.4, -0.2) is 14.6 Å². The smallest absolute Gasteiger partial charge is 0.207 e. The lowest BCUT2D eigenvalue weighted by atomic mass is 10.1. The second-order valence-electron chi connectivity index (χ2n) is 4.23. The Labute approximate surface area is 136 Å². The van der Waals surface area contributed by atoms with E-state index in [1.54, 1.807) is 4.72 Å². The Bertz CT molecular complexity index is 756. The molecule has 1 atom stereocenters. The van der Waals surface area contributed by atoms with Gasteiger partial charge in [0.1, 0.15) is 16.1 Å². The molecule has 1 aromatic heterocycles. The Kier molecular flexibility index (Phi) is 4.95. The summed E-state index contributed by atoms with van der Waals surface area (Å²) >= 11 is 3.82. The van der Waals surface area contributed by atoms with Crippen LogP contribution in [0.5, 0.6) is 0 Å². The molecule has 1 heterocycles. The number of hydrogen-bond acceptors (Lipinski definition) is 3. The van der Waals surface area contributed by atoms with Crippen LogP contribution < -0.4 is 4.72 Å². The van der Waals surface area contributed by atoms with E-state index in [4.69, 9.17) is 0 Å². The van der Waals surface area contributed by atoms with Crippen LogP contribution in [0.4, 0.5) is 17.6 Å². The molecule has 120 valence electrons. The van der Waals surface area contributed by atoms with Crippen molar-refractivity contribution >= 4 is 37.3 Å². The predicted octanol–water partition coefficient (Wildman–Crippen LogP) is 4.23. The first-order valence-corrected chi connectivity index (χ1v) is 8.84. The topological polar surface area (TPSA) is 46.2 Å². The van der Waals surface area contributed by atoms with Crippen LogP contribution in [0.3, 0.4) is 0 Å². The van der Waals surface area contributed by atoms with E-state index in [9.17, 15) is 26.0 Å². The first-order valence-electron chi connectivity index (χ1n) is 5.68. The van der Waals surface area contributed by atoms with E-state index in [0.717, 1.165) is 35.6 Å². The highest BCUT2D eigenvalue weighted by Gasteiger charge is 2.43. The van der Waals surface area contributed by atoms with Gasteiger partial charge in [-0.25, -0.2) is 12.8 Å². The van der Waals surface area contributed by atoms with Crippen LogP contribution in [0.2, 0.25) is 0 Å². The number of nitrogens with one attached hydrogen (secondary N) is 1. The van der Waals surface area contributed by atoms with Gasteiger partial charge in [-0.15, -0.1) is 11.3 Å². The molecule has 1 aromatic carbocycles. The summed E-state index contributed by atoms with van der Waals surface area (Å²) in [4.78, 5) is 0. The van der Waals surface area contributed by atoms with Crippen molar-refractivity contribution in [3.8, 4) is 0 Å². The van der Waals surface area contributed by atoms with Crippen molar-refractivity contribution in [1.29, 1.82) is 0 Å². The fourth-order valence-electron chi connectivity index (χ4n) is 1.63. The summed E-state index contributed by atoms with van der Waals surface area (Å²) < 4.78 is 78.1. The molecule has 0 fully saturated rings. The molecule has 0 saturated heterocycles. The van der Waals surface area contributed by atoms with Crippen molar-refractivity contribution in [1.82, 2.24) is 4.72 Å². The Morgan fingerprint density at radius 3 is 2.23 bits per heavy atom. The molecule has 0 spiro atoms. The molecule has 22 heavy (non-hydrogen) atoms. The van der Waals surface area contributed by atoms with Crippen molar-refractivity contribution < 1.29 is 26.0 Å². The predicted molar refractivity (Wildman–Crippen MR) is 77.5 cm³/mol. The summed E-state index contributed by atoms with van der Waals surface area (Å²) in [6.07, 6.45) is -4.86. The van der Waals surface area contributed by atoms with E-state index in [1.807, 2.05) is 0 Å². The summed E-state index contributed by atoms with van der Waals surface area (Å²) in [5.74, 6) is -0.713. The molecular weight excluding hydrogens is 410 g/mol. The molecule has 0 bridgehead atoms. The van der Waals surface area contributed by atoms with Crippen LogP contribution >= 0.6 is 27.3 Å². The largest absolute Gasteiger partial charge is 0.408 e. The standard InChI is InChI=1S/C12H8BrF4NO2S2/c13-8-5-10(21-6-8)22(19,20)18-11(12(15,16)17)7-1-3-9(14)4-2-7/h1-6,11,18H. The highest BCUT2D eigenvalue weighted by molar-refractivity contribution is 9.10. The number of rotatable bonds is 4. The Morgan fingerprint density at radius 2 is 1.77 bits per heavy atom. The summed E-state index contributed by atoms with van der Waals surface area (Å²) in [6.45, 7) is 0. The highest BCUT2D eigenvalue weighted by atomic mass is 79.9. The first-order chi connectivity index (χ1) is 10.1. The van der Waals surface area contributed by atoms with E-state index >= 15 is 0 Å². The summed E-state index contributed by atoms with van der Waals surface area (Å²) in [5, 5.41) is 1.44. The minimum absolute atomic E-state index is 0.254. The van der Waals surface area contributed by atoms with Crippen molar-refractivity contribution in [2.75, 3.05) is 0 Å². The highest BCUT2D eigenvalue weighted by Crippen LogP contribution is 2.35. The lowest BCUT2D eigenvalue weighted by molar-refractivity contribution is -0.153. The normalized spacial score (nSPS) is 14.0. The Balaban J connectivity index is 2.37. The molecule has 0 aliphatic rings. The maximum atomic E-state index is 13.1. The van der Waals surface area contributed by atoms with E-state index < -0.39 is 33.6 Å². The molecule has 0 saturated carbocycles. The van der Waals surface area contributed by atoms with Gasteiger partial charge in [0.05, 0.1) is 0 Å². The zero-order chi connectivity index (χ0) is 16.5. The first kappa shape index (κ1) is 17.4. The maximum absolute atomic E-state index is 13.1. The van der Waals surface area contributed by atoms with Gasteiger partial charge in [-0.1, -0.05) is 12.1 Å². The molecule has 0 aliphatic carbocycles. The maximum Gasteiger partial charge on any atom is 0.408 e. The van der Waals surface area contributed by atoms with Crippen LogP contribution in [0.1, 0.15) is 11.6 Å². The van der Waals surface area contributed by atoms with Gasteiger partial charge in [0.15, 0.2) is 0 Å². The molecule has 1 N–H and O–H groups in total. The molecule has 3 nitrogen and oxygen atoms in total. The molecule has 1 unspecified atom stereocenters. The number of hydrogen-bond donors (Lipinski definition) is 1. The van der Waals surface area contributed by atoms with Gasteiger partial charge in [-0.05, 0) is 39.7 Å². The molecule has 2 aromatic rings. The third-order valence-electron chi connectivity index (χ3n) is 2.61. The van der Waals surface area contributed by atoms with Gasteiger partial charge in [-0.2, -0.15) is 17.9 Å². The molecule has 10 heteroatoms. The molecule has 0 radical (unpaired) electrons. The lowest BCUT2D eigenvalue weighted by Gasteiger charge is -2.21. The van der Waals surface area contributed by atoms with E-state index in [-0.39, 0.29) is 4.21 Å². The van der Waals surface area contributed by atoms with Crippen molar-refractivity contribution in [3.05, 3.63) is 51.6 Å². The summed E-state index contributed by atoms with van der Waals surface area (Å²) in [5.41, 5.74) is -0.395. The average molecular weight is 418 g/mol. The second kappa shape index (κ2) is 6.26. The van der Waals surface area contributed by atoms with E-state index in [2.05, 4.69) is 15.9 Å². The zero-order valence-corrected chi connectivity index (χ0v) is 13.8. The monoisotopic (exact) mass is 417 g/mol. The number of benzene rings is 1. The second-order valence-corrected chi connectivity index (χ2v) is 8.00. The molecule has 2 rings (SSSR count). The summed E-state index contributed by atoms with van der Waals surface area (Å²) in [7, 11) is -4.36. The Hall–Kier alpha value is -0.970. The van der Waals surface area contributed by atoms with Gasteiger partial charge in [0.25, 0.3) is 10.0 Å². The van der Waals surface area contributed by atoms with Gasteiger partial charge >= 0.3 is 6.18 Å². The van der Waals surface area contributed by atoms with Gasteiger partial charge in [0, 0.05) is 9.85 Å². The van der Waals surface area contributed by atoms with Gasteiger partial charge in [0.2, 0.25) is 0 Å². The van der Waals surface area contributed by atoms with Crippen LogP contribution in [0.15, 0.2) is 44.4 Å². The average Bonchev–Trinajstić information content (AvgIpc) is 2.84.